The van der Waals surface area contributed by atoms with Crippen molar-refractivity contribution in [3.05, 3.63) is 29.8 Å². The number of ether oxygens (including phenoxy) is 2. The summed E-state index contributed by atoms with van der Waals surface area (Å²) < 4.78 is 11.0. The number of benzene rings is 1. The molecular weight excluding hydrogens is 250 g/mol. The SMILES string of the molecule is CCC[C@@](CC)(OC)c1cccc(OC)c1.CN(C)C. The van der Waals surface area contributed by atoms with Crippen LogP contribution in [0.1, 0.15) is 38.7 Å². The van der Waals surface area contributed by atoms with Gasteiger partial charge in [-0.2, -0.15) is 0 Å². The Morgan fingerprint density at radius 2 is 1.70 bits per heavy atom. The first kappa shape index (κ1) is 18.9. The van der Waals surface area contributed by atoms with Crippen LogP contribution in [-0.4, -0.2) is 40.3 Å². The maximum Gasteiger partial charge on any atom is 0.119 e. The van der Waals surface area contributed by atoms with Crippen molar-refractivity contribution in [1.29, 1.82) is 0 Å². The Morgan fingerprint density at radius 3 is 2.10 bits per heavy atom. The molecule has 0 saturated carbocycles. The molecule has 0 unspecified atom stereocenters. The molecule has 0 fully saturated rings. The quantitative estimate of drug-likeness (QED) is 0.788. The Balaban J connectivity index is 0.000000796. The maximum absolute atomic E-state index is 5.76. The summed E-state index contributed by atoms with van der Waals surface area (Å²) in [7, 11) is 9.48. The molecule has 0 radical (unpaired) electrons. The van der Waals surface area contributed by atoms with E-state index in [2.05, 4.69) is 26.0 Å². The first-order chi connectivity index (χ1) is 9.45. The van der Waals surface area contributed by atoms with Gasteiger partial charge in [0.1, 0.15) is 5.75 Å². The van der Waals surface area contributed by atoms with Gasteiger partial charge in [-0.05, 0) is 51.7 Å². The van der Waals surface area contributed by atoms with Crippen LogP contribution in [0, 0.1) is 0 Å². The van der Waals surface area contributed by atoms with Crippen molar-refractivity contribution in [3.8, 4) is 5.75 Å². The van der Waals surface area contributed by atoms with Gasteiger partial charge in [-0.3, -0.25) is 0 Å². The molecule has 1 aromatic carbocycles. The number of hydrogen-bond acceptors (Lipinski definition) is 3. The van der Waals surface area contributed by atoms with Crippen molar-refractivity contribution in [3.63, 3.8) is 0 Å². The Kier molecular flexibility index (Phi) is 9.26. The molecular formula is C17H31NO2. The third-order valence-corrected chi connectivity index (χ3v) is 3.21. The summed E-state index contributed by atoms with van der Waals surface area (Å²) >= 11 is 0. The van der Waals surface area contributed by atoms with Crippen molar-refractivity contribution in [2.24, 2.45) is 0 Å². The van der Waals surface area contributed by atoms with Crippen LogP contribution in [0.2, 0.25) is 0 Å². The van der Waals surface area contributed by atoms with Crippen molar-refractivity contribution in [1.82, 2.24) is 4.90 Å². The molecule has 0 aromatic heterocycles. The fourth-order valence-corrected chi connectivity index (χ4v) is 2.20. The Bertz CT molecular complexity index is 357. The fourth-order valence-electron chi connectivity index (χ4n) is 2.20. The zero-order valence-corrected chi connectivity index (χ0v) is 14.2. The topological polar surface area (TPSA) is 21.7 Å². The summed E-state index contributed by atoms with van der Waals surface area (Å²) in [6.45, 7) is 4.35. The number of methoxy groups -OCH3 is 2. The molecule has 1 aromatic rings. The van der Waals surface area contributed by atoms with Crippen LogP contribution in [0.3, 0.4) is 0 Å². The van der Waals surface area contributed by atoms with Gasteiger partial charge in [-0.25, -0.2) is 0 Å². The molecule has 3 nitrogen and oxygen atoms in total. The van der Waals surface area contributed by atoms with E-state index in [1.807, 2.05) is 38.2 Å². The minimum absolute atomic E-state index is 0.163. The van der Waals surface area contributed by atoms with E-state index in [-0.39, 0.29) is 5.60 Å². The van der Waals surface area contributed by atoms with Crippen LogP contribution in [-0.2, 0) is 10.3 Å². The normalized spacial score (nSPS) is 13.4. The zero-order chi connectivity index (χ0) is 15.6. The lowest BCUT2D eigenvalue weighted by Gasteiger charge is -2.32. The Labute approximate surface area is 124 Å². The molecule has 1 atom stereocenters. The Hall–Kier alpha value is -1.06. The first-order valence-electron chi connectivity index (χ1n) is 7.26. The van der Waals surface area contributed by atoms with Crippen LogP contribution < -0.4 is 4.74 Å². The van der Waals surface area contributed by atoms with E-state index in [0.717, 1.165) is 25.0 Å². The molecule has 0 aliphatic rings. The van der Waals surface area contributed by atoms with E-state index >= 15 is 0 Å². The number of rotatable bonds is 6. The van der Waals surface area contributed by atoms with Gasteiger partial charge in [0, 0.05) is 7.11 Å². The summed E-state index contributed by atoms with van der Waals surface area (Å²) in [5.41, 5.74) is 1.04. The average molecular weight is 281 g/mol. The van der Waals surface area contributed by atoms with Crippen LogP contribution >= 0.6 is 0 Å². The second-order valence-corrected chi connectivity index (χ2v) is 5.38. The van der Waals surface area contributed by atoms with Crippen molar-refractivity contribution >= 4 is 0 Å². The molecule has 116 valence electrons. The van der Waals surface area contributed by atoms with Crippen LogP contribution in [0.4, 0.5) is 0 Å². The van der Waals surface area contributed by atoms with Crippen LogP contribution in [0.5, 0.6) is 5.75 Å². The highest BCUT2D eigenvalue weighted by Crippen LogP contribution is 2.35. The van der Waals surface area contributed by atoms with E-state index in [4.69, 9.17) is 9.47 Å². The standard InChI is InChI=1S/C14H22O2.C3H9N/c1-5-10-14(6-2,16-4)12-8-7-9-13(11-12)15-3;1-4(2)3/h7-9,11H,5-6,10H2,1-4H3;1-3H3/t14-;/m1./s1. The minimum Gasteiger partial charge on any atom is -0.497 e. The smallest absolute Gasteiger partial charge is 0.119 e. The lowest BCUT2D eigenvalue weighted by atomic mass is 9.86. The second-order valence-electron chi connectivity index (χ2n) is 5.38. The maximum atomic E-state index is 5.76. The predicted molar refractivity (Wildman–Crippen MR) is 86.5 cm³/mol. The molecule has 0 saturated heterocycles. The third kappa shape index (κ3) is 5.93. The lowest BCUT2D eigenvalue weighted by Crippen LogP contribution is -2.27. The summed E-state index contributed by atoms with van der Waals surface area (Å²) in [5, 5.41) is 0. The molecule has 0 N–H and O–H groups in total. The van der Waals surface area contributed by atoms with Gasteiger partial charge in [-0.15, -0.1) is 0 Å². The Morgan fingerprint density at radius 1 is 1.10 bits per heavy atom. The zero-order valence-electron chi connectivity index (χ0n) is 14.2. The highest BCUT2D eigenvalue weighted by Gasteiger charge is 2.29. The third-order valence-electron chi connectivity index (χ3n) is 3.21. The molecule has 0 bridgehead atoms. The van der Waals surface area contributed by atoms with Crippen molar-refractivity contribution in [2.75, 3.05) is 35.4 Å². The lowest BCUT2D eigenvalue weighted by molar-refractivity contribution is -0.0264. The molecule has 0 aliphatic heterocycles. The van der Waals surface area contributed by atoms with Gasteiger partial charge >= 0.3 is 0 Å². The van der Waals surface area contributed by atoms with E-state index in [1.165, 1.54) is 5.56 Å². The van der Waals surface area contributed by atoms with Crippen molar-refractivity contribution < 1.29 is 9.47 Å². The van der Waals surface area contributed by atoms with Gasteiger partial charge in [0.05, 0.1) is 12.7 Å². The number of hydrogen-bond donors (Lipinski definition) is 0. The van der Waals surface area contributed by atoms with Gasteiger partial charge < -0.3 is 14.4 Å². The summed E-state index contributed by atoms with van der Waals surface area (Å²) in [6, 6.07) is 8.17. The van der Waals surface area contributed by atoms with Gasteiger partial charge in [0.2, 0.25) is 0 Å². The molecule has 0 heterocycles. The van der Waals surface area contributed by atoms with Crippen molar-refractivity contribution in [2.45, 2.75) is 38.7 Å². The van der Waals surface area contributed by atoms with Gasteiger partial charge in [0.15, 0.2) is 0 Å². The van der Waals surface area contributed by atoms with E-state index in [9.17, 15) is 0 Å². The molecule has 0 aliphatic carbocycles. The van der Waals surface area contributed by atoms with Gasteiger partial charge in [-0.1, -0.05) is 32.4 Å². The average Bonchev–Trinajstić information content (AvgIpc) is 2.44. The largest absolute Gasteiger partial charge is 0.497 e. The highest BCUT2D eigenvalue weighted by atomic mass is 16.5. The minimum atomic E-state index is -0.163. The summed E-state index contributed by atoms with van der Waals surface area (Å²) in [4.78, 5) is 2.00. The van der Waals surface area contributed by atoms with Crippen LogP contribution in [0.25, 0.3) is 0 Å². The first-order valence-corrected chi connectivity index (χ1v) is 7.26. The predicted octanol–water partition coefficient (Wildman–Crippen LogP) is 3.92. The van der Waals surface area contributed by atoms with E-state index in [0.29, 0.717) is 0 Å². The molecule has 1 rings (SSSR count). The van der Waals surface area contributed by atoms with E-state index < -0.39 is 0 Å². The molecule has 0 amide bonds. The molecule has 0 spiro atoms. The monoisotopic (exact) mass is 281 g/mol. The van der Waals surface area contributed by atoms with Crippen LogP contribution in [0.15, 0.2) is 24.3 Å². The second kappa shape index (κ2) is 9.78. The summed E-state index contributed by atoms with van der Waals surface area (Å²) in [6.07, 6.45) is 3.12. The molecule has 3 heteroatoms. The summed E-state index contributed by atoms with van der Waals surface area (Å²) in [5.74, 6) is 0.892. The number of nitrogens with zero attached hydrogens (tertiary/aromatic N) is 1. The van der Waals surface area contributed by atoms with Gasteiger partial charge in [0.25, 0.3) is 0 Å². The van der Waals surface area contributed by atoms with E-state index in [1.54, 1.807) is 14.2 Å². The fraction of sp³-hybridized carbons (Fsp3) is 0.647. The highest BCUT2D eigenvalue weighted by molar-refractivity contribution is 5.32. The molecule has 20 heavy (non-hydrogen) atoms.